The summed E-state index contributed by atoms with van der Waals surface area (Å²) in [4.78, 5) is 23.2. The van der Waals surface area contributed by atoms with Gasteiger partial charge >= 0.3 is 0 Å². The van der Waals surface area contributed by atoms with Gasteiger partial charge in [-0.1, -0.05) is 24.3 Å². The van der Waals surface area contributed by atoms with Gasteiger partial charge in [-0.15, -0.1) is 22.7 Å². The van der Waals surface area contributed by atoms with Crippen molar-refractivity contribution in [3.05, 3.63) is 69.7 Å². The van der Waals surface area contributed by atoms with Gasteiger partial charge in [0, 0.05) is 9.75 Å². The van der Waals surface area contributed by atoms with Gasteiger partial charge in [-0.2, -0.15) is 0 Å². The highest BCUT2D eigenvalue weighted by Crippen LogP contribution is 2.34. The molecule has 0 radical (unpaired) electrons. The standard InChI is InChI=1S/C24H24N2O4S2/c25-21(13-27)15-29-9-5-19-7-11-31-23(19)17-1-2-18(4-3-17)24-20(8-12-32-24)6-10-30-16-22(26)14-28/h1-4,7-8,11-12H,5-6,9-10,15-16,25-26H2. The van der Waals surface area contributed by atoms with E-state index in [0.717, 1.165) is 24.0 Å². The van der Waals surface area contributed by atoms with Gasteiger partial charge in [-0.25, -0.2) is 9.59 Å². The molecule has 0 aliphatic rings. The molecule has 2 heterocycles. The van der Waals surface area contributed by atoms with Crippen molar-refractivity contribution < 1.29 is 19.1 Å². The average molecular weight is 469 g/mol. The lowest BCUT2D eigenvalue weighted by atomic mass is 10.0. The molecule has 0 bridgehead atoms. The number of benzene rings is 1. The van der Waals surface area contributed by atoms with Crippen molar-refractivity contribution in [2.24, 2.45) is 11.5 Å². The molecule has 0 fully saturated rings. The molecular formula is C24H24N2O4S2. The summed E-state index contributed by atoms with van der Waals surface area (Å²) in [6.07, 6.45) is 1.48. The zero-order chi connectivity index (χ0) is 22.8. The molecule has 3 rings (SSSR count). The fraction of sp³-hybridized carbons (Fsp3) is 0.250. The lowest BCUT2D eigenvalue weighted by molar-refractivity contribution is 0.159. The number of nitrogens with two attached hydrogens (primary N) is 2. The molecule has 4 N–H and O–H groups in total. The van der Waals surface area contributed by atoms with E-state index < -0.39 is 0 Å². The number of rotatable bonds is 12. The molecule has 3 aromatic rings. The zero-order valence-corrected chi connectivity index (χ0v) is 19.1. The van der Waals surface area contributed by atoms with E-state index >= 15 is 0 Å². The highest BCUT2D eigenvalue weighted by molar-refractivity contribution is 7.14. The van der Waals surface area contributed by atoms with E-state index in [-0.39, 0.29) is 24.6 Å². The van der Waals surface area contributed by atoms with Crippen LogP contribution in [0.2, 0.25) is 0 Å². The van der Waals surface area contributed by atoms with Crippen LogP contribution >= 0.6 is 22.7 Å². The summed E-state index contributed by atoms with van der Waals surface area (Å²) in [6, 6.07) is 12.7. The normalized spacial score (nSPS) is 10.5. The van der Waals surface area contributed by atoms with Crippen LogP contribution < -0.4 is 11.5 Å². The van der Waals surface area contributed by atoms with E-state index in [4.69, 9.17) is 20.9 Å². The first-order valence-electron chi connectivity index (χ1n) is 10.00. The Hall–Kier alpha value is -2.96. The van der Waals surface area contributed by atoms with Crippen LogP contribution in [0.3, 0.4) is 0 Å². The molecule has 0 unspecified atom stereocenters. The van der Waals surface area contributed by atoms with Crippen LogP contribution in [-0.4, -0.2) is 38.3 Å². The quantitative estimate of drug-likeness (QED) is 0.311. The maximum absolute atomic E-state index is 10.4. The Morgan fingerprint density at radius 2 is 1.12 bits per heavy atom. The van der Waals surface area contributed by atoms with Crippen molar-refractivity contribution in [2.45, 2.75) is 12.8 Å². The predicted molar refractivity (Wildman–Crippen MR) is 129 cm³/mol. The van der Waals surface area contributed by atoms with Crippen molar-refractivity contribution in [3.8, 4) is 20.9 Å². The van der Waals surface area contributed by atoms with Crippen LogP contribution in [0.4, 0.5) is 0 Å². The lowest BCUT2D eigenvalue weighted by Crippen LogP contribution is -2.09. The monoisotopic (exact) mass is 468 g/mol. The second kappa shape index (κ2) is 12.2. The zero-order valence-electron chi connectivity index (χ0n) is 17.5. The first kappa shape index (κ1) is 23.7. The SMILES string of the molecule is NC(=C=O)COCCc1ccsc1-c1ccc(-c2sccc2CCOCC(N)=C=O)cc1. The van der Waals surface area contributed by atoms with Crippen molar-refractivity contribution in [1.82, 2.24) is 0 Å². The summed E-state index contributed by atoms with van der Waals surface area (Å²) >= 11 is 3.39. The molecule has 0 saturated carbocycles. The van der Waals surface area contributed by atoms with Crippen LogP contribution in [0.1, 0.15) is 11.1 Å². The Morgan fingerprint density at radius 1 is 0.719 bits per heavy atom. The first-order valence-corrected chi connectivity index (χ1v) is 11.8. The largest absolute Gasteiger partial charge is 0.391 e. The molecular weight excluding hydrogens is 444 g/mol. The van der Waals surface area contributed by atoms with Crippen LogP contribution in [0, 0.1) is 0 Å². The fourth-order valence-corrected chi connectivity index (χ4v) is 5.06. The van der Waals surface area contributed by atoms with E-state index in [0.29, 0.717) is 13.2 Å². The number of hydrogen-bond acceptors (Lipinski definition) is 8. The Kier molecular flexibility index (Phi) is 9.01. The van der Waals surface area contributed by atoms with Gasteiger partial charge in [0.05, 0.1) is 26.4 Å². The Balaban J connectivity index is 1.62. The molecule has 166 valence electrons. The molecule has 0 amide bonds. The molecule has 0 aliphatic heterocycles. The molecule has 32 heavy (non-hydrogen) atoms. The number of thiophene rings is 2. The third-order valence-electron chi connectivity index (χ3n) is 4.71. The van der Waals surface area contributed by atoms with E-state index in [1.54, 1.807) is 34.6 Å². The van der Waals surface area contributed by atoms with Gasteiger partial charge < -0.3 is 20.9 Å². The van der Waals surface area contributed by atoms with Gasteiger partial charge in [0.25, 0.3) is 0 Å². The highest BCUT2D eigenvalue weighted by Gasteiger charge is 2.10. The van der Waals surface area contributed by atoms with Crippen molar-refractivity contribution in [3.63, 3.8) is 0 Å². The highest BCUT2D eigenvalue weighted by atomic mass is 32.1. The third-order valence-corrected chi connectivity index (χ3v) is 6.72. The Labute approximate surface area is 194 Å². The minimum absolute atomic E-state index is 0.0765. The van der Waals surface area contributed by atoms with E-state index in [1.165, 1.54) is 20.9 Å². The molecule has 8 heteroatoms. The summed E-state index contributed by atoms with van der Waals surface area (Å²) in [7, 11) is 0. The maximum Gasteiger partial charge on any atom is 0.147 e. The molecule has 2 aromatic heterocycles. The maximum atomic E-state index is 10.4. The molecule has 0 aliphatic carbocycles. The van der Waals surface area contributed by atoms with Crippen LogP contribution in [0.25, 0.3) is 20.9 Å². The first-order chi connectivity index (χ1) is 15.6. The van der Waals surface area contributed by atoms with Gasteiger partial charge in [0.2, 0.25) is 0 Å². The van der Waals surface area contributed by atoms with Crippen LogP contribution in [-0.2, 0) is 31.9 Å². The number of hydrogen-bond donors (Lipinski definition) is 2. The van der Waals surface area contributed by atoms with Crippen molar-refractivity contribution >= 4 is 34.6 Å². The molecule has 1 aromatic carbocycles. The third kappa shape index (κ3) is 6.52. The smallest absolute Gasteiger partial charge is 0.147 e. The minimum Gasteiger partial charge on any atom is -0.391 e. The van der Waals surface area contributed by atoms with Crippen molar-refractivity contribution in [2.75, 3.05) is 26.4 Å². The van der Waals surface area contributed by atoms with Crippen LogP contribution in [0.5, 0.6) is 0 Å². The van der Waals surface area contributed by atoms with Gasteiger partial charge in [0.1, 0.15) is 23.3 Å². The van der Waals surface area contributed by atoms with E-state index in [2.05, 4.69) is 47.2 Å². The van der Waals surface area contributed by atoms with Gasteiger partial charge in [0.15, 0.2) is 0 Å². The predicted octanol–water partition coefficient (Wildman–Crippen LogP) is 3.61. The summed E-state index contributed by atoms with van der Waals surface area (Å²) in [5, 5.41) is 4.14. The van der Waals surface area contributed by atoms with E-state index in [9.17, 15) is 9.59 Å². The average Bonchev–Trinajstić information content (AvgIpc) is 3.49. The summed E-state index contributed by atoms with van der Waals surface area (Å²) in [6.45, 7) is 1.18. The molecule has 6 nitrogen and oxygen atoms in total. The summed E-state index contributed by atoms with van der Waals surface area (Å²) < 4.78 is 10.9. The second-order valence-electron chi connectivity index (χ2n) is 6.99. The molecule has 0 atom stereocenters. The van der Waals surface area contributed by atoms with Gasteiger partial charge in [-0.3, -0.25) is 0 Å². The lowest BCUT2D eigenvalue weighted by Gasteiger charge is -2.08. The summed E-state index contributed by atoms with van der Waals surface area (Å²) in [5.41, 5.74) is 15.7. The number of carbonyl (C=O) groups excluding carboxylic acids is 2. The van der Waals surface area contributed by atoms with Gasteiger partial charge in [-0.05, 0) is 58.0 Å². The minimum atomic E-state index is 0.0765. The van der Waals surface area contributed by atoms with E-state index in [1.807, 2.05) is 0 Å². The Bertz CT molecular complexity index is 1030. The second-order valence-corrected chi connectivity index (χ2v) is 8.82. The molecule has 0 spiro atoms. The molecule has 0 saturated heterocycles. The Morgan fingerprint density at radius 3 is 1.50 bits per heavy atom. The van der Waals surface area contributed by atoms with Crippen molar-refractivity contribution in [1.29, 1.82) is 0 Å². The number of ether oxygens (including phenoxy) is 2. The fourth-order valence-electron chi connectivity index (χ4n) is 3.13. The summed E-state index contributed by atoms with van der Waals surface area (Å²) in [5.74, 6) is 3.27. The topological polar surface area (TPSA) is 105 Å². The van der Waals surface area contributed by atoms with Crippen LogP contribution in [0.15, 0.2) is 58.6 Å².